The van der Waals surface area contributed by atoms with Gasteiger partial charge < -0.3 is 10.6 Å². The van der Waals surface area contributed by atoms with Crippen molar-refractivity contribution in [1.82, 2.24) is 4.98 Å². The van der Waals surface area contributed by atoms with Crippen molar-refractivity contribution in [3.63, 3.8) is 0 Å². The Kier molecular flexibility index (Phi) is 4.90. The van der Waals surface area contributed by atoms with E-state index in [1.54, 1.807) is 18.3 Å². The van der Waals surface area contributed by atoms with Gasteiger partial charge in [0.25, 0.3) is 5.91 Å². The number of benzene rings is 2. The highest BCUT2D eigenvalue weighted by atomic mass is 32.2. The molecule has 0 saturated carbocycles. The van der Waals surface area contributed by atoms with Gasteiger partial charge in [0.15, 0.2) is 5.17 Å². The number of amidine groups is 1. The number of fused-ring (bicyclic) bond motifs is 1. The fraction of sp³-hybridized carbons (Fsp3) is 0.0476. The van der Waals surface area contributed by atoms with E-state index in [1.807, 2.05) is 48.5 Å². The summed E-state index contributed by atoms with van der Waals surface area (Å²) in [6.07, 6.45) is 3.59. The first-order valence-electron chi connectivity index (χ1n) is 8.59. The maximum Gasteiger partial charge on any atom is 0.286 e. The monoisotopic (exact) mass is 388 g/mol. The number of carbonyl (C=O) groups excluding carboxylic acids is 2. The van der Waals surface area contributed by atoms with Gasteiger partial charge in [-0.05, 0) is 65.9 Å². The highest BCUT2D eigenvalue weighted by Gasteiger charge is 2.22. The lowest BCUT2D eigenvalue weighted by atomic mass is 10.1. The second kappa shape index (κ2) is 7.66. The third-order valence-electron chi connectivity index (χ3n) is 4.00. The second-order valence-corrected chi connectivity index (χ2v) is 7.20. The summed E-state index contributed by atoms with van der Waals surface area (Å²) in [4.78, 5) is 32.2. The van der Waals surface area contributed by atoms with Crippen molar-refractivity contribution < 1.29 is 9.59 Å². The van der Waals surface area contributed by atoms with Gasteiger partial charge in [0.2, 0.25) is 5.91 Å². The fourth-order valence-electron chi connectivity index (χ4n) is 2.76. The van der Waals surface area contributed by atoms with Crippen LogP contribution in [-0.2, 0) is 9.59 Å². The van der Waals surface area contributed by atoms with E-state index in [4.69, 9.17) is 0 Å². The smallest absolute Gasteiger partial charge is 0.286 e. The predicted octanol–water partition coefficient (Wildman–Crippen LogP) is 4.28. The lowest BCUT2D eigenvalue weighted by molar-refractivity contribution is -0.114. The zero-order valence-corrected chi connectivity index (χ0v) is 15.8. The van der Waals surface area contributed by atoms with Crippen molar-refractivity contribution in [1.29, 1.82) is 0 Å². The number of thioether (sulfide) groups is 1. The van der Waals surface area contributed by atoms with Crippen LogP contribution < -0.4 is 10.6 Å². The number of nitrogens with zero attached hydrogens (tertiary/aromatic N) is 2. The number of nitrogens with one attached hydrogen (secondary N) is 2. The first-order valence-corrected chi connectivity index (χ1v) is 9.40. The highest BCUT2D eigenvalue weighted by molar-refractivity contribution is 8.18. The molecular weight excluding hydrogens is 372 g/mol. The van der Waals surface area contributed by atoms with Gasteiger partial charge in [-0.2, -0.15) is 4.99 Å². The molecule has 2 N–H and O–H groups in total. The normalized spacial score (nSPS) is 15.0. The van der Waals surface area contributed by atoms with Crippen LogP contribution in [0.25, 0.3) is 17.0 Å². The van der Waals surface area contributed by atoms with Crippen LogP contribution in [0.3, 0.4) is 0 Å². The third-order valence-corrected chi connectivity index (χ3v) is 4.90. The van der Waals surface area contributed by atoms with Gasteiger partial charge in [-0.15, -0.1) is 0 Å². The number of aromatic nitrogens is 1. The van der Waals surface area contributed by atoms with Crippen LogP contribution in [0.5, 0.6) is 0 Å². The molecule has 1 aromatic heterocycles. The molecule has 0 atom stereocenters. The topological polar surface area (TPSA) is 83.5 Å². The average molecular weight is 388 g/mol. The van der Waals surface area contributed by atoms with Crippen molar-refractivity contribution in [3.8, 4) is 0 Å². The Morgan fingerprint density at radius 3 is 2.64 bits per heavy atom. The first kappa shape index (κ1) is 17.9. The summed E-state index contributed by atoms with van der Waals surface area (Å²) in [5, 5.41) is 7.37. The molecule has 3 aromatic rings. The predicted molar refractivity (Wildman–Crippen MR) is 114 cm³/mol. The molecule has 28 heavy (non-hydrogen) atoms. The van der Waals surface area contributed by atoms with E-state index in [2.05, 4.69) is 20.6 Å². The zero-order chi connectivity index (χ0) is 19.5. The van der Waals surface area contributed by atoms with Crippen molar-refractivity contribution in [2.24, 2.45) is 4.99 Å². The summed E-state index contributed by atoms with van der Waals surface area (Å²) in [6, 6.07) is 16.9. The lowest BCUT2D eigenvalue weighted by Crippen LogP contribution is -2.07. The summed E-state index contributed by atoms with van der Waals surface area (Å²) in [5.41, 5.74) is 3.33. The van der Waals surface area contributed by atoms with Crippen LogP contribution in [0.1, 0.15) is 12.5 Å². The average Bonchev–Trinajstić information content (AvgIpc) is 3.02. The Labute approximate surface area is 165 Å². The molecule has 7 heteroatoms. The van der Waals surface area contributed by atoms with Crippen LogP contribution in [-0.4, -0.2) is 22.0 Å². The summed E-state index contributed by atoms with van der Waals surface area (Å²) in [5.74, 6) is -0.394. The SMILES string of the molecule is CC(=O)Nc1ccc(NC2=NC(=O)/C(=C/c3ccc4ncccc4c3)S2)cc1. The van der Waals surface area contributed by atoms with Crippen molar-refractivity contribution in [2.75, 3.05) is 10.6 Å². The van der Waals surface area contributed by atoms with E-state index in [-0.39, 0.29) is 11.8 Å². The van der Waals surface area contributed by atoms with Crippen LogP contribution >= 0.6 is 11.8 Å². The minimum Gasteiger partial charge on any atom is -0.334 e. The van der Waals surface area contributed by atoms with Crippen molar-refractivity contribution in [2.45, 2.75) is 6.92 Å². The van der Waals surface area contributed by atoms with Gasteiger partial charge >= 0.3 is 0 Å². The van der Waals surface area contributed by atoms with Crippen LogP contribution in [0.15, 0.2) is 70.7 Å². The number of hydrogen-bond acceptors (Lipinski definition) is 5. The quantitative estimate of drug-likeness (QED) is 0.655. The number of amides is 2. The van der Waals surface area contributed by atoms with E-state index in [1.165, 1.54) is 18.7 Å². The number of hydrogen-bond donors (Lipinski definition) is 2. The van der Waals surface area contributed by atoms with E-state index in [0.717, 1.165) is 22.2 Å². The largest absolute Gasteiger partial charge is 0.334 e. The minimum absolute atomic E-state index is 0.124. The Hall–Kier alpha value is -3.45. The van der Waals surface area contributed by atoms with Gasteiger partial charge in [0.05, 0.1) is 10.4 Å². The van der Waals surface area contributed by atoms with Gasteiger partial charge in [-0.3, -0.25) is 14.6 Å². The maximum absolute atomic E-state index is 12.2. The molecule has 0 bridgehead atoms. The molecule has 138 valence electrons. The summed E-state index contributed by atoms with van der Waals surface area (Å²) in [7, 11) is 0. The summed E-state index contributed by atoms with van der Waals surface area (Å²) >= 11 is 1.29. The van der Waals surface area contributed by atoms with Crippen molar-refractivity contribution in [3.05, 3.63) is 71.3 Å². The summed E-state index contributed by atoms with van der Waals surface area (Å²) < 4.78 is 0. The summed E-state index contributed by atoms with van der Waals surface area (Å²) in [6.45, 7) is 1.46. The minimum atomic E-state index is -0.270. The second-order valence-electron chi connectivity index (χ2n) is 6.17. The maximum atomic E-state index is 12.2. The van der Waals surface area contributed by atoms with Gasteiger partial charge in [-0.1, -0.05) is 12.1 Å². The van der Waals surface area contributed by atoms with Gasteiger partial charge in [-0.25, -0.2) is 0 Å². The van der Waals surface area contributed by atoms with Gasteiger partial charge in [0, 0.05) is 29.9 Å². The van der Waals surface area contributed by atoms with Crippen LogP contribution in [0.4, 0.5) is 11.4 Å². The molecule has 1 aliphatic heterocycles. The third kappa shape index (κ3) is 4.10. The Balaban J connectivity index is 1.47. The molecule has 4 rings (SSSR count). The molecule has 0 radical (unpaired) electrons. The lowest BCUT2D eigenvalue weighted by Gasteiger charge is -2.06. The number of rotatable bonds is 3. The van der Waals surface area contributed by atoms with Crippen molar-refractivity contribution >= 4 is 57.1 Å². The number of pyridine rings is 1. The van der Waals surface area contributed by atoms with E-state index < -0.39 is 0 Å². The molecule has 2 aromatic carbocycles. The fourth-order valence-corrected chi connectivity index (χ4v) is 3.60. The van der Waals surface area contributed by atoms with E-state index in [0.29, 0.717) is 15.8 Å². The number of carbonyl (C=O) groups is 2. The molecule has 0 spiro atoms. The van der Waals surface area contributed by atoms with Gasteiger partial charge in [0.1, 0.15) is 0 Å². The molecule has 0 fully saturated rings. The Morgan fingerprint density at radius 2 is 1.86 bits per heavy atom. The van der Waals surface area contributed by atoms with Crippen LogP contribution in [0.2, 0.25) is 0 Å². The van der Waals surface area contributed by atoms with Crippen LogP contribution in [0, 0.1) is 0 Å². The zero-order valence-electron chi connectivity index (χ0n) is 15.0. The molecular formula is C21H16N4O2S. The molecule has 0 aliphatic carbocycles. The molecule has 2 heterocycles. The standard InChI is InChI=1S/C21H16N4O2S/c1-13(26)23-16-5-7-17(8-6-16)24-21-25-20(27)19(28-21)12-14-4-9-18-15(11-14)3-2-10-22-18/h2-12H,1H3,(H,23,26)(H,24,25,27)/b19-12-. The highest BCUT2D eigenvalue weighted by Crippen LogP contribution is 2.30. The molecule has 2 amide bonds. The van der Waals surface area contributed by atoms with E-state index >= 15 is 0 Å². The number of aliphatic imine (C=N–C) groups is 1. The first-order chi connectivity index (χ1) is 13.6. The molecule has 6 nitrogen and oxygen atoms in total. The Morgan fingerprint density at radius 1 is 1.07 bits per heavy atom. The number of anilines is 2. The van der Waals surface area contributed by atoms with E-state index in [9.17, 15) is 9.59 Å². The molecule has 0 unspecified atom stereocenters. The molecule has 0 saturated heterocycles. The Bertz CT molecular complexity index is 1140. The molecule has 1 aliphatic rings.